The number of benzene rings is 3. The third-order valence-electron chi connectivity index (χ3n) is 7.03. The molecule has 0 aromatic heterocycles. The van der Waals surface area contributed by atoms with Gasteiger partial charge in [-0.3, -0.25) is 0 Å². The highest BCUT2D eigenvalue weighted by Crippen LogP contribution is 2.44. The number of hydrogen-bond donors (Lipinski definition) is 0. The van der Waals surface area contributed by atoms with Gasteiger partial charge in [-0.1, -0.05) is 58.0 Å². The molecular weight excluding hydrogens is 454 g/mol. The number of methoxy groups -OCH3 is 1. The van der Waals surface area contributed by atoms with Gasteiger partial charge in [0.2, 0.25) is 0 Å². The topological polar surface area (TPSA) is 18.5 Å². The molecule has 0 heterocycles. The third kappa shape index (κ3) is 6.46. The van der Waals surface area contributed by atoms with Crippen LogP contribution >= 0.6 is 0 Å². The van der Waals surface area contributed by atoms with Crippen molar-refractivity contribution in [2.75, 3.05) is 7.11 Å². The second-order valence-corrected chi connectivity index (χ2v) is 11.2. The Kier molecular flexibility index (Phi) is 8.02. The fraction of sp³-hybridized carbons (Fsp3) is 0.438. The van der Waals surface area contributed by atoms with Crippen LogP contribution in [0.4, 0.5) is 8.78 Å². The smallest absolute Gasteiger partial charge is 0.131 e. The van der Waals surface area contributed by atoms with Crippen LogP contribution in [0.3, 0.4) is 0 Å². The quantitative estimate of drug-likeness (QED) is 0.281. The van der Waals surface area contributed by atoms with Gasteiger partial charge in [-0.15, -0.1) is 0 Å². The summed E-state index contributed by atoms with van der Waals surface area (Å²) in [6, 6.07) is 18.5. The first-order chi connectivity index (χ1) is 17.2. The molecule has 4 heteroatoms. The highest BCUT2D eigenvalue weighted by atomic mass is 19.1. The maximum Gasteiger partial charge on any atom is 0.131 e. The number of ether oxygens (including phenoxy) is 2. The molecule has 3 aromatic rings. The first-order valence-electron chi connectivity index (χ1n) is 13.0. The van der Waals surface area contributed by atoms with Crippen LogP contribution in [0.1, 0.15) is 82.2 Å². The Labute approximate surface area is 214 Å². The first-order valence-corrected chi connectivity index (χ1v) is 13.0. The first kappa shape index (κ1) is 26.2. The molecule has 0 N–H and O–H groups in total. The van der Waals surface area contributed by atoms with E-state index in [1.165, 1.54) is 31.6 Å². The molecule has 2 atom stereocenters. The van der Waals surface area contributed by atoms with Gasteiger partial charge >= 0.3 is 0 Å². The predicted octanol–water partition coefficient (Wildman–Crippen LogP) is 9.43. The lowest BCUT2D eigenvalue weighted by atomic mass is 9.85. The van der Waals surface area contributed by atoms with Crippen molar-refractivity contribution in [1.29, 1.82) is 0 Å². The van der Waals surface area contributed by atoms with Gasteiger partial charge in [-0.05, 0) is 95.5 Å². The number of hydrogen-bond acceptors (Lipinski definition) is 2. The molecule has 2 nitrogen and oxygen atoms in total. The average Bonchev–Trinajstić information content (AvgIpc) is 3.68. The Balaban J connectivity index is 1.61. The molecule has 0 spiro atoms. The van der Waals surface area contributed by atoms with Gasteiger partial charge in [0.1, 0.15) is 30.1 Å². The summed E-state index contributed by atoms with van der Waals surface area (Å²) >= 11 is 0. The molecule has 0 bridgehead atoms. The summed E-state index contributed by atoms with van der Waals surface area (Å²) in [5, 5.41) is 0. The highest BCUT2D eigenvalue weighted by Gasteiger charge is 2.31. The zero-order valence-corrected chi connectivity index (χ0v) is 22.1. The van der Waals surface area contributed by atoms with E-state index in [0.717, 1.165) is 17.9 Å². The Morgan fingerprint density at radius 2 is 1.69 bits per heavy atom. The summed E-state index contributed by atoms with van der Waals surface area (Å²) in [4.78, 5) is 0. The molecule has 1 aliphatic rings. The molecule has 192 valence electrons. The average molecular weight is 493 g/mol. The van der Waals surface area contributed by atoms with E-state index in [1.54, 1.807) is 30.3 Å². The van der Waals surface area contributed by atoms with Crippen LogP contribution < -0.4 is 9.47 Å². The van der Waals surface area contributed by atoms with E-state index in [1.807, 2.05) is 20.8 Å². The van der Waals surface area contributed by atoms with Crippen molar-refractivity contribution in [2.45, 2.75) is 72.1 Å². The van der Waals surface area contributed by atoms with Crippen LogP contribution in [0.15, 0.2) is 60.7 Å². The molecule has 2 unspecified atom stereocenters. The van der Waals surface area contributed by atoms with Crippen LogP contribution in [0.25, 0.3) is 11.1 Å². The maximum absolute atomic E-state index is 15.7. The van der Waals surface area contributed by atoms with Gasteiger partial charge in [0, 0.05) is 5.56 Å². The summed E-state index contributed by atoms with van der Waals surface area (Å²) in [7, 11) is 1.54. The zero-order valence-electron chi connectivity index (χ0n) is 22.1. The van der Waals surface area contributed by atoms with Gasteiger partial charge < -0.3 is 9.47 Å². The summed E-state index contributed by atoms with van der Waals surface area (Å²) in [5.74, 6) is 2.11. The molecule has 3 aromatic carbocycles. The van der Waals surface area contributed by atoms with E-state index < -0.39 is 12.0 Å². The minimum absolute atomic E-state index is 0.224. The normalized spacial score (nSPS) is 15.4. The van der Waals surface area contributed by atoms with Crippen LogP contribution in [0.5, 0.6) is 11.5 Å². The van der Waals surface area contributed by atoms with Crippen molar-refractivity contribution in [2.24, 2.45) is 11.3 Å². The minimum atomic E-state index is -1.26. The molecule has 0 saturated heterocycles. The van der Waals surface area contributed by atoms with Crippen LogP contribution in [-0.2, 0) is 6.61 Å². The van der Waals surface area contributed by atoms with Gasteiger partial charge in [0.25, 0.3) is 0 Å². The van der Waals surface area contributed by atoms with Crippen molar-refractivity contribution < 1.29 is 18.3 Å². The highest BCUT2D eigenvalue weighted by molar-refractivity contribution is 5.71. The summed E-state index contributed by atoms with van der Waals surface area (Å²) in [6.07, 6.45) is 2.84. The SMILES string of the molecule is CCC(c1cccc(COc2ccc(-c3cc(OC)ccc3F)c(C(F)CC(C)(C)C)c2)c1)C1CC1. The molecule has 0 amide bonds. The summed E-state index contributed by atoms with van der Waals surface area (Å²) < 4.78 is 41.9. The largest absolute Gasteiger partial charge is 0.497 e. The number of rotatable bonds is 10. The fourth-order valence-corrected chi connectivity index (χ4v) is 5.04. The van der Waals surface area contributed by atoms with Gasteiger partial charge in [0.05, 0.1) is 7.11 Å². The standard InChI is InChI=1S/C32H38F2O2/c1-6-26(22-10-11-22)23-9-7-8-21(16-23)20-36-25-12-14-27(28-17-24(35-5)13-15-30(28)33)29(18-25)31(34)19-32(2,3)4/h7-9,12-18,22,26,31H,6,10-11,19-20H2,1-5H3. The van der Waals surface area contributed by atoms with E-state index in [0.29, 0.717) is 47.1 Å². The van der Waals surface area contributed by atoms with E-state index >= 15 is 4.39 Å². The van der Waals surface area contributed by atoms with Crippen LogP contribution in [-0.4, -0.2) is 7.11 Å². The lowest BCUT2D eigenvalue weighted by Crippen LogP contribution is -2.10. The summed E-state index contributed by atoms with van der Waals surface area (Å²) in [5.41, 5.74) is 3.53. The lowest BCUT2D eigenvalue weighted by molar-refractivity contribution is 0.227. The third-order valence-corrected chi connectivity index (χ3v) is 7.03. The molecule has 1 saturated carbocycles. The van der Waals surface area contributed by atoms with Gasteiger partial charge in [-0.2, -0.15) is 0 Å². The van der Waals surface area contributed by atoms with Crippen LogP contribution in [0, 0.1) is 17.2 Å². The Morgan fingerprint density at radius 3 is 2.36 bits per heavy atom. The van der Waals surface area contributed by atoms with E-state index in [2.05, 4.69) is 31.2 Å². The fourth-order valence-electron chi connectivity index (χ4n) is 5.04. The van der Waals surface area contributed by atoms with Crippen molar-refractivity contribution in [3.8, 4) is 22.6 Å². The van der Waals surface area contributed by atoms with Crippen molar-refractivity contribution in [1.82, 2.24) is 0 Å². The Morgan fingerprint density at radius 1 is 0.944 bits per heavy atom. The van der Waals surface area contributed by atoms with E-state index in [-0.39, 0.29) is 5.41 Å². The molecule has 0 radical (unpaired) electrons. The number of alkyl halides is 1. The molecule has 1 aliphatic carbocycles. The predicted molar refractivity (Wildman–Crippen MR) is 143 cm³/mol. The van der Waals surface area contributed by atoms with Crippen molar-refractivity contribution in [3.05, 3.63) is 83.2 Å². The number of halogens is 2. The molecule has 0 aliphatic heterocycles. The van der Waals surface area contributed by atoms with Gasteiger partial charge in [0.15, 0.2) is 0 Å². The molecule has 4 rings (SSSR count). The summed E-state index contributed by atoms with van der Waals surface area (Å²) in [6.45, 7) is 8.67. The Bertz CT molecular complexity index is 1180. The minimum Gasteiger partial charge on any atom is -0.497 e. The molecule has 1 fully saturated rings. The molecule has 36 heavy (non-hydrogen) atoms. The monoisotopic (exact) mass is 492 g/mol. The van der Waals surface area contributed by atoms with Gasteiger partial charge in [-0.25, -0.2) is 8.78 Å². The van der Waals surface area contributed by atoms with Crippen LogP contribution in [0.2, 0.25) is 0 Å². The van der Waals surface area contributed by atoms with Crippen molar-refractivity contribution >= 4 is 0 Å². The second kappa shape index (κ2) is 11.0. The maximum atomic E-state index is 15.7. The zero-order chi connectivity index (χ0) is 25.9. The molecular formula is C32H38F2O2. The lowest BCUT2D eigenvalue weighted by Gasteiger charge is -2.23. The van der Waals surface area contributed by atoms with E-state index in [4.69, 9.17) is 9.47 Å². The van der Waals surface area contributed by atoms with E-state index in [9.17, 15) is 4.39 Å². The second-order valence-electron chi connectivity index (χ2n) is 11.2. The van der Waals surface area contributed by atoms with Crippen molar-refractivity contribution in [3.63, 3.8) is 0 Å². The Hall–Kier alpha value is -2.88.